The smallest absolute Gasteiger partial charge is 0.366 e. The van der Waals surface area contributed by atoms with Gasteiger partial charge in [0.05, 0.1) is 11.8 Å². The van der Waals surface area contributed by atoms with Crippen LogP contribution in [0.15, 0.2) is 48.0 Å². The molecule has 11 heteroatoms. The van der Waals surface area contributed by atoms with Crippen LogP contribution in [0.3, 0.4) is 0 Å². The van der Waals surface area contributed by atoms with E-state index in [0.717, 1.165) is 43.4 Å². The van der Waals surface area contributed by atoms with Gasteiger partial charge in [0, 0.05) is 56.6 Å². The van der Waals surface area contributed by atoms with Crippen molar-refractivity contribution in [2.75, 3.05) is 36.8 Å². The average Bonchev–Trinajstić information content (AvgIpc) is 3.51. The van der Waals surface area contributed by atoms with Gasteiger partial charge >= 0.3 is 6.18 Å². The Morgan fingerprint density at radius 3 is 2.76 bits per heavy atom. The predicted molar refractivity (Wildman–Crippen MR) is 124 cm³/mol. The Labute approximate surface area is 200 Å². The van der Waals surface area contributed by atoms with Gasteiger partial charge in [0.15, 0.2) is 11.0 Å². The first-order valence-electron chi connectivity index (χ1n) is 11.4. The van der Waals surface area contributed by atoms with Crippen molar-refractivity contribution >= 4 is 17.4 Å². The highest BCUT2D eigenvalue weighted by Crippen LogP contribution is 2.41. The first-order chi connectivity index (χ1) is 16.4. The minimum absolute atomic E-state index is 0.143. The van der Waals surface area contributed by atoms with Gasteiger partial charge in [-0.25, -0.2) is 4.98 Å². The van der Waals surface area contributed by atoms with Crippen LogP contribution >= 0.6 is 11.8 Å². The molecule has 1 aromatic carbocycles. The van der Waals surface area contributed by atoms with Gasteiger partial charge in [-0.05, 0) is 37.4 Å². The summed E-state index contributed by atoms with van der Waals surface area (Å²) >= 11 is 1.65. The van der Waals surface area contributed by atoms with Crippen LogP contribution < -0.4 is 4.90 Å². The summed E-state index contributed by atoms with van der Waals surface area (Å²) in [5, 5.41) is 9.34. The number of benzene rings is 1. The molecule has 0 spiro atoms. The number of para-hydroxylation sites is 1. The lowest BCUT2D eigenvalue weighted by molar-refractivity contribution is -0.137. The molecule has 3 aromatic rings. The Bertz CT molecular complexity index is 1120. The molecule has 2 aliphatic heterocycles. The van der Waals surface area contributed by atoms with Crippen LogP contribution in [0.2, 0.25) is 0 Å². The summed E-state index contributed by atoms with van der Waals surface area (Å²) in [6, 6.07) is 6.11. The van der Waals surface area contributed by atoms with E-state index in [2.05, 4.69) is 25.1 Å². The van der Waals surface area contributed by atoms with E-state index in [1.165, 1.54) is 12.1 Å². The van der Waals surface area contributed by atoms with E-state index in [4.69, 9.17) is 0 Å². The second-order valence-electron chi connectivity index (χ2n) is 8.74. The minimum Gasteiger partial charge on any atom is -0.366 e. The highest BCUT2D eigenvalue weighted by molar-refractivity contribution is 7.99. The maximum atomic E-state index is 13.5. The normalized spacial score (nSPS) is 20.8. The summed E-state index contributed by atoms with van der Waals surface area (Å²) in [7, 11) is 1.92. The second kappa shape index (κ2) is 9.53. The lowest BCUT2D eigenvalue weighted by Crippen LogP contribution is -2.36. The van der Waals surface area contributed by atoms with Gasteiger partial charge in [0.2, 0.25) is 0 Å². The van der Waals surface area contributed by atoms with Crippen molar-refractivity contribution in [3.8, 4) is 11.5 Å². The molecular formula is C23H26F3N7S. The third-order valence-corrected chi connectivity index (χ3v) is 7.73. The zero-order chi connectivity index (χ0) is 23.7. The SMILES string of the molecule is Cn1c(SCCCN2CC3[C@H](CCN3c3ccccc3C(F)(F)F)C2)nnc1-c1cnccn1. The van der Waals surface area contributed by atoms with Crippen molar-refractivity contribution in [3.63, 3.8) is 0 Å². The van der Waals surface area contributed by atoms with Gasteiger partial charge in [-0.1, -0.05) is 23.9 Å². The molecule has 5 rings (SSSR count). The first-order valence-corrected chi connectivity index (χ1v) is 12.3. The van der Waals surface area contributed by atoms with E-state index in [9.17, 15) is 13.2 Å². The third kappa shape index (κ3) is 4.63. The maximum absolute atomic E-state index is 13.5. The lowest BCUT2D eigenvalue weighted by Gasteiger charge is -2.29. The zero-order valence-corrected chi connectivity index (χ0v) is 19.6. The molecule has 0 bridgehead atoms. The molecule has 0 saturated carbocycles. The Morgan fingerprint density at radius 2 is 1.97 bits per heavy atom. The average molecular weight is 490 g/mol. The van der Waals surface area contributed by atoms with Crippen molar-refractivity contribution in [1.29, 1.82) is 0 Å². The van der Waals surface area contributed by atoms with Gasteiger partial charge in [-0.15, -0.1) is 10.2 Å². The number of halogens is 3. The monoisotopic (exact) mass is 489 g/mol. The van der Waals surface area contributed by atoms with E-state index < -0.39 is 11.7 Å². The van der Waals surface area contributed by atoms with Crippen LogP contribution in [0.5, 0.6) is 0 Å². The van der Waals surface area contributed by atoms with Gasteiger partial charge in [0.1, 0.15) is 5.69 Å². The summed E-state index contributed by atoms with van der Waals surface area (Å²) in [5.41, 5.74) is 0.473. The van der Waals surface area contributed by atoms with Crippen LogP contribution in [0, 0.1) is 5.92 Å². The number of hydrogen-bond donors (Lipinski definition) is 0. The molecule has 7 nitrogen and oxygen atoms in total. The molecule has 4 heterocycles. The number of anilines is 1. The van der Waals surface area contributed by atoms with Crippen LogP contribution in [0.25, 0.3) is 11.5 Å². The van der Waals surface area contributed by atoms with Crippen molar-refractivity contribution in [3.05, 3.63) is 48.4 Å². The van der Waals surface area contributed by atoms with Crippen molar-refractivity contribution < 1.29 is 13.2 Å². The highest BCUT2D eigenvalue weighted by Gasteiger charge is 2.44. The maximum Gasteiger partial charge on any atom is 0.418 e. The number of likely N-dealkylation sites (tertiary alicyclic amines) is 1. The Kier molecular flexibility index (Phi) is 6.48. The highest BCUT2D eigenvalue weighted by atomic mass is 32.2. The topological polar surface area (TPSA) is 63.0 Å². The predicted octanol–water partition coefficient (Wildman–Crippen LogP) is 3.98. The summed E-state index contributed by atoms with van der Waals surface area (Å²) in [5.74, 6) is 1.99. The summed E-state index contributed by atoms with van der Waals surface area (Å²) < 4.78 is 42.5. The molecule has 2 aromatic heterocycles. The Balaban J connectivity index is 1.15. The summed E-state index contributed by atoms with van der Waals surface area (Å²) in [4.78, 5) is 12.7. The van der Waals surface area contributed by atoms with Crippen molar-refractivity contribution in [1.82, 2.24) is 29.6 Å². The molecule has 2 fully saturated rings. The molecule has 34 heavy (non-hydrogen) atoms. The number of nitrogens with zero attached hydrogens (tertiary/aromatic N) is 7. The first kappa shape index (κ1) is 23.1. The zero-order valence-electron chi connectivity index (χ0n) is 18.8. The van der Waals surface area contributed by atoms with Crippen LogP contribution in [0.1, 0.15) is 18.4 Å². The van der Waals surface area contributed by atoms with Gasteiger partial charge in [0.25, 0.3) is 0 Å². The molecule has 2 aliphatic rings. The number of alkyl halides is 3. The minimum atomic E-state index is -4.34. The van der Waals surface area contributed by atoms with Gasteiger partial charge in [-0.3, -0.25) is 4.98 Å². The molecule has 0 N–H and O–H groups in total. The molecule has 0 amide bonds. The quantitative estimate of drug-likeness (QED) is 0.367. The van der Waals surface area contributed by atoms with Crippen LogP contribution in [0.4, 0.5) is 18.9 Å². The molecule has 0 aliphatic carbocycles. The Morgan fingerprint density at radius 1 is 1.12 bits per heavy atom. The van der Waals surface area contributed by atoms with Crippen LogP contribution in [-0.4, -0.2) is 67.6 Å². The molecule has 2 saturated heterocycles. The molecular weight excluding hydrogens is 463 g/mol. The standard InChI is InChI=1S/C23H26F3N7S/c1-31-21(18-13-27-8-9-28-18)29-30-22(31)34-12-4-10-32-14-16-7-11-33(20(16)15-32)19-6-3-2-5-17(19)23(24,25)26/h2-3,5-6,8-9,13,16,20H,4,7,10-12,14-15H2,1H3/t16-,20?/m1/s1. The van der Waals surface area contributed by atoms with E-state index in [1.54, 1.807) is 42.5 Å². The van der Waals surface area contributed by atoms with E-state index in [-0.39, 0.29) is 6.04 Å². The van der Waals surface area contributed by atoms with Crippen molar-refractivity contribution in [2.24, 2.45) is 13.0 Å². The number of thioether (sulfide) groups is 1. The fourth-order valence-electron chi connectivity index (χ4n) is 5.02. The molecule has 0 radical (unpaired) electrons. The molecule has 1 unspecified atom stereocenters. The largest absolute Gasteiger partial charge is 0.418 e. The number of rotatable bonds is 7. The van der Waals surface area contributed by atoms with Crippen LogP contribution in [-0.2, 0) is 13.2 Å². The third-order valence-electron chi connectivity index (χ3n) is 6.62. The molecule has 180 valence electrons. The fourth-order valence-corrected chi connectivity index (χ4v) is 5.86. The summed E-state index contributed by atoms with van der Waals surface area (Å²) in [6.07, 6.45) is 2.49. The van der Waals surface area contributed by atoms with Gasteiger partial charge in [-0.2, -0.15) is 13.2 Å². The summed E-state index contributed by atoms with van der Waals surface area (Å²) in [6.45, 7) is 3.36. The van der Waals surface area contributed by atoms with Crippen molar-refractivity contribution in [2.45, 2.75) is 30.2 Å². The van der Waals surface area contributed by atoms with Gasteiger partial charge < -0.3 is 14.4 Å². The fraction of sp³-hybridized carbons (Fsp3) is 0.478. The molecule has 2 atom stereocenters. The second-order valence-corrected chi connectivity index (χ2v) is 9.80. The van der Waals surface area contributed by atoms with E-state index in [0.29, 0.717) is 29.7 Å². The Hall–Kier alpha value is -2.66. The van der Waals surface area contributed by atoms with E-state index in [1.807, 2.05) is 16.5 Å². The number of hydrogen-bond acceptors (Lipinski definition) is 7. The number of aromatic nitrogens is 5. The lowest BCUT2D eigenvalue weighted by atomic mass is 10.0. The number of fused-ring (bicyclic) bond motifs is 1. The van der Waals surface area contributed by atoms with E-state index >= 15 is 0 Å².